The van der Waals surface area contributed by atoms with Crippen molar-refractivity contribution in [1.29, 1.82) is 0 Å². The Morgan fingerprint density at radius 3 is 2.04 bits per heavy atom. The molecular formula is C23H39NO2. The fourth-order valence-corrected chi connectivity index (χ4v) is 3.29. The summed E-state index contributed by atoms with van der Waals surface area (Å²) in [4.78, 5) is 12.3. The van der Waals surface area contributed by atoms with E-state index in [9.17, 15) is 4.79 Å². The molecule has 0 spiro atoms. The molecule has 0 saturated carbocycles. The Hall–Kier alpha value is -1.35. The minimum Gasteiger partial charge on any atom is -0.464 e. The molecule has 1 aromatic rings. The van der Waals surface area contributed by atoms with Crippen molar-refractivity contribution < 1.29 is 9.53 Å². The number of carbonyl (C=O) groups excluding carboxylic acids is 1. The highest BCUT2D eigenvalue weighted by atomic mass is 16.5. The second-order valence-corrected chi connectivity index (χ2v) is 7.49. The number of esters is 1. The molecule has 1 aromatic carbocycles. The zero-order valence-corrected chi connectivity index (χ0v) is 16.9. The molecule has 0 bridgehead atoms. The normalized spacial score (nSPS) is 12.3. The van der Waals surface area contributed by atoms with E-state index in [0.29, 0.717) is 18.9 Å². The van der Waals surface area contributed by atoms with Gasteiger partial charge >= 0.3 is 5.97 Å². The number of nitrogens with two attached hydrogens (primary N) is 1. The van der Waals surface area contributed by atoms with Crippen molar-refractivity contribution in [2.24, 2.45) is 11.7 Å². The zero-order valence-electron chi connectivity index (χ0n) is 16.9. The van der Waals surface area contributed by atoms with E-state index < -0.39 is 6.04 Å². The Morgan fingerprint density at radius 2 is 1.50 bits per heavy atom. The maximum atomic E-state index is 12.3. The van der Waals surface area contributed by atoms with Gasteiger partial charge in [-0.1, -0.05) is 95.5 Å². The van der Waals surface area contributed by atoms with Crippen LogP contribution >= 0.6 is 0 Å². The van der Waals surface area contributed by atoms with Gasteiger partial charge < -0.3 is 10.5 Å². The topological polar surface area (TPSA) is 52.3 Å². The Kier molecular flexibility index (Phi) is 12.9. The van der Waals surface area contributed by atoms with Gasteiger partial charge in [0.05, 0.1) is 6.61 Å². The molecule has 0 aromatic heterocycles. The van der Waals surface area contributed by atoms with Crippen molar-refractivity contribution in [2.75, 3.05) is 6.61 Å². The SMILES string of the molecule is CCCCCCC(CCCCCC)COC(=O)C(N)Cc1ccccc1. The largest absolute Gasteiger partial charge is 0.464 e. The summed E-state index contributed by atoms with van der Waals surface area (Å²) >= 11 is 0. The van der Waals surface area contributed by atoms with Crippen LogP contribution in [0.15, 0.2) is 30.3 Å². The molecule has 3 nitrogen and oxygen atoms in total. The van der Waals surface area contributed by atoms with Gasteiger partial charge in [0.25, 0.3) is 0 Å². The summed E-state index contributed by atoms with van der Waals surface area (Å²) in [5.74, 6) is 0.220. The first-order chi connectivity index (χ1) is 12.7. The summed E-state index contributed by atoms with van der Waals surface area (Å²) in [5, 5.41) is 0. The highest BCUT2D eigenvalue weighted by Crippen LogP contribution is 2.19. The van der Waals surface area contributed by atoms with Gasteiger partial charge in [-0.15, -0.1) is 0 Å². The highest BCUT2D eigenvalue weighted by Gasteiger charge is 2.18. The predicted octanol–water partition coefficient (Wildman–Crippen LogP) is 5.66. The van der Waals surface area contributed by atoms with E-state index in [1.54, 1.807) is 0 Å². The summed E-state index contributed by atoms with van der Waals surface area (Å²) in [5.41, 5.74) is 7.12. The summed E-state index contributed by atoms with van der Waals surface area (Å²) < 4.78 is 5.59. The van der Waals surface area contributed by atoms with Crippen molar-refractivity contribution in [3.63, 3.8) is 0 Å². The van der Waals surface area contributed by atoms with Crippen LogP contribution in [-0.2, 0) is 16.0 Å². The van der Waals surface area contributed by atoms with Crippen molar-refractivity contribution in [3.05, 3.63) is 35.9 Å². The van der Waals surface area contributed by atoms with Gasteiger partial charge in [-0.3, -0.25) is 4.79 Å². The molecular weight excluding hydrogens is 322 g/mol. The number of unbranched alkanes of at least 4 members (excludes halogenated alkanes) is 6. The smallest absolute Gasteiger partial charge is 0.323 e. The lowest BCUT2D eigenvalue weighted by Crippen LogP contribution is -2.35. The van der Waals surface area contributed by atoms with Gasteiger partial charge in [0.1, 0.15) is 6.04 Å². The lowest BCUT2D eigenvalue weighted by atomic mass is 9.95. The first kappa shape index (κ1) is 22.7. The molecule has 26 heavy (non-hydrogen) atoms. The van der Waals surface area contributed by atoms with E-state index >= 15 is 0 Å². The lowest BCUT2D eigenvalue weighted by molar-refractivity contribution is -0.146. The molecule has 1 rings (SSSR count). The summed E-state index contributed by atoms with van der Waals surface area (Å²) in [6.07, 6.45) is 13.0. The average molecular weight is 362 g/mol. The van der Waals surface area contributed by atoms with E-state index in [0.717, 1.165) is 18.4 Å². The van der Waals surface area contributed by atoms with Crippen molar-refractivity contribution >= 4 is 5.97 Å². The van der Waals surface area contributed by atoms with Crippen molar-refractivity contribution in [1.82, 2.24) is 0 Å². The van der Waals surface area contributed by atoms with Crippen molar-refractivity contribution in [3.8, 4) is 0 Å². The first-order valence-corrected chi connectivity index (χ1v) is 10.6. The Morgan fingerprint density at radius 1 is 0.923 bits per heavy atom. The van der Waals surface area contributed by atoms with E-state index in [1.165, 1.54) is 51.4 Å². The number of hydrogen-bond acceptors (Lipinski definition) is 3. The summed E-state index contributed by atoms with van der Waals surface area (Å²) in [6.45, 7) is 5.00. The lowest BCUT2D eigenvalue weighted by Gasteiger charge is -2.19. The van der Waals surface area contributed by atoms with Crippen LogP contribution in [0.5, 0.6) is 0 Å². The van der Waals surface area contributed by atoms with E-state index in [2.05, 4.69) is 13.8 Å². The minimum atomic E-state index is -0.571. The molecule has 0 radical (unpaired) electrons. The fraction of sp³-hybridized carbons (Fsp3) is 0.696. The summed E-state index contributed by atoms with van der Waals surface area (Å²) in [6, 6.07) is 9.33. The second-order valence-electron chi connectivity index (χ2n) is 7.49. The van der Waals surface area contributed by atoms with Crippen LogP contribution in [0.3, 0.4) is 0 Å². The standard InChI is InChI=1S/C23H39NO2/c1-3-5-7-10-16-21(17-11-8-6-4-2)19-26-23(25)22(24)18-20-14-12-9-13-15-20/h9,12-15,21-22H,3-8,10-11,16-19,24H2,1-2H3. The number of rotatable bonds is 15. The zero-order chi connectivity index (χ0) is 19.0. The number of ether oxygens (including phenoxy) is 1. The van der Waals surface area contributed by atoms with E-state index in [-0.39, 0.29) is 5.97 Å². The molecule has 2 N–H and O–H groups in total. The quantitative estimate of drug-likeness (QED) is 0.324. The van der Waals surface area contributed by atoms with Crippen LogP contribution in [0, 0.1) is 5.92 Å². The van der Waals surface area contributed by atoms with Crippen LogP contribution in [0.2, 0.25) is 0 Å². The van der Waals surface area contributed by atoms with Crippen LogP contribution in [0.1, 0.15) is 83.6 Å². The minimum absolute atomic E-state index is 0.263. The van der Waals surface area contributed by atoms with E-state index in [4.69, 9.17) is 10.5 Å². The third kappa shape index (κ3) is 10.6. The number of carbonyl (C=O) groups is 1. The molecule has 1 atom stereocenters. The fourth-order valence-electron chi connectivity index (χ4n) is 3.29. The molecule has 0 aliphatic rings. The molecule has 0 aliphatic heterocycles. The Labute approximate surface area is 160 Å². The third-order valence-corrected chi connectivity index (χ3v) is 4.99. The molecule has 3 heteroatoms. The molecule has 0 aliphatic carbocycles. The second kappa shape index (κ2) is 14.8. The monoisotopic (exact) mass is 361 g/mol. The third-order valence-electron chi connectivity index (χ3n) is 4.99. The molecule has 0 heterocycles. The molecule has 0 saturated heterocycles. The Balaban J connectivity index is 2.37. The predicted molar refractivity (Wildman–Crippen MR) is 110 cm³/mol. The molecule has 0 amide bonds. The van der Waals surface area contributed by atoms with Crippen molar-refractivity contribution in [2.45, 2.75) is 90.5 Å². The Bertz CT molecular complexity index is 449. The van der Waals surface area contributed by atoms with Gasteiger partial charge in [0.15, 0.2) is 0 Å². The maximum absolute atomic E-state index is 12.3. The molecule has 0 fully saturated rings. The molecule has 1 unspecified atom stereocenters. The van der Waals surface area contributed by atoms with Crippen LogP contribution in [-0.4, -0.2) is 18.6 Å². The number of benzene rings is 1. The first-order valence-electron chi connectivity index (χ1n) is 10.6. The van der Waals surface area contributed by atoms with Gasteiger partial charge in [-0.25, -0.2) is 0 Å². The van der Waals surface area contributed by atoms with E-state index in [1.807, 2.05) is 30.3 Å². The van der Waals surface area contributed by atoms with Gasteiger partial charge in [-0.2, -0.15) is 0 Å². The van der Waals surface area contributed by atoms with Gasteiger partial charge in [0, 0.05) is 0 Å². The summed E-state index contributed by atoms with van der Waals surface area (Å²) in [7, 11) is 0. The highest BCUT2D eigenvalue weighted by molar-refractivity contribution is 5.75. The van der Waals surface area contributed by atoms with Gasteiger partial charge in [0.2, 0.25) is 0 Å². The van der Waals surface area contributed by atoms with Crippen LogP contribution in [0.4, 0.5) is 0 Å². The maximum Gasteiger partial charge on any atom is 0.323 e. The number of hydrogen-bond donors (Lipinski definition) is 1. The average Bonchev–Trinajstić information content (AvgIpc) is 2.66. The van der Waals surface area contributed by atoms with Crippen LogP contribution in [0.25, 0.3) is 0 Å². The van der Waals surface area contributed by atoms with Crippen LogP contribution < -0.4 is 5.73 Å². The molecule has 148 valence electrons. The van der Waals surface area contributed by atoms with Gasteiger partial charge in [-0.05, 0) is 30.7 Å².